The van der Waals surface area contributed by atoms with E-state index in [1.807, 2.05) is 0 Å². The molecule has 1 aliphatic rings. The predicted molar refractivity (Wildman–Crippen MR) is 56.6 cm³/mol. The highest BCUT2D eigenvalue weighted by Gasteiger charge is 2.27. The molecule has 0 saturated carbocycles. The van der Waals surface area contributed by atoms with E-state index >= 15 is 0 Å². The molecule has 16 heavy (non-hydrogen) atoms. The lowest BCUT2D eigenvalue weighted by Gasteiger charge is -2.22. The molecule has 1 heterocycles. The Balaban J connectivity index is 0.00000225. The Morgan fingerprint density at radius 2 is 2.06 bits per heavy atom. The van der Waals surface area contributed by atoms with Crippen molar-refractivity contribution >= 4 is 18.3 Å². The molecule has 0 aromatic carbocycles. The van der Waals surface area contributed by atoms with Crippen LogP contribution in [-0.4, -0.2) is 31.2 Å². The third-order valence-corrected chi connectivity index (χ3v) is 2.33. The normalized spacial score (nSPS) is 21.1. The summed E-state index contributed by atoms with van der Waals surface area (Å²) in [5, 5.41) is 5.26. The number of rotatable bonds is 3. The van der Waals surface area contributed by atoms with Crippen molar-refractivity contribution in [3.63, 3.8) is 0 Å². The summed E-state index contributed by atoms with van der Waals surface area (Å²) >= 11 is 0. The molecule has 0 bridgehead atoms. The molecule has 1 aliphatic heterocycles. The Kier molecular flexibility index (Phi) is 6.74. The van der Waals surface area contributed by atoms with E-state index in [1.165, 1.54) is 0 Å². The van der Waals surface area contributed by atoms with Gasteiger partial charge in [-0.3, -0.25) is 4.79 Å². The molecular weight excluding hydrogens is 245 g/mol. The number of hydrogen-bond donors (Lipinski definition) is 2. The first kappa shape index (κ1) is 15.5. The second-order valence-corrected chi connectivity index (χ2v) is 3.66. The average molecular weight is 261 g/mol. The smallest absolute Gasteiger partial charge is 0.354 e. The molecule has 0 aromatic rings. The van der Waals surface area contributed by atoms with Crippen molar-refractivity contribution in [3.05, 3.63) is 0 Å². The topological polar surface area (TPSA) is 41.1 Å². The summed E-state index contributed by atoms with van der Waals surface area (Å²) in [4.78, 5) is 11.3. The van der Waals surface area contributed by atoms with Crippen LogP contribution in [0.15, 0.2) is 0 Å². The number of carbonyl (C=O) groups is 1. The minimum Gasteiger partial charge on any atom is -0.354 e. The van der Waals surface area contributed by atoms with Crippen LogP contribution < -0.4 is 10.6 Å². The van der Waals surface area contributed by atoms with E-state index in [-0.39, 0.29) is 30.9 Å². The van der Waals surface area contributed by atoms with Crippen molar-refractivity contribution in [3.8, 4) is 0 Å². The fourth-order valence-electron chi connectivity index (χ4n) is 1.53. The molecule has 3 nitrogen and oxygen atoms in total. The second-order valence-electron chi connectivity index (χ2n) is 3.66. The molecule has 2 N–H and O–H groups in total. The number of nitrogens with one attached hydrogen (secondary N) is 2. The Bertz CT molecular complexity index is 217. The molecule has 0 aromatic heterocycles. The summed E-state index contributed by atoms with van der Waals surface area (Å²) in [6.07, 6.45) is -2.49. The van der Waals surface area contributed by atoms with Crippen LogP contribution in [0.25, 0.3) is 0 Å². The van der Waals surface area contributed by atoms with Gasteiger partial charge >= 0.3 is 6.18 Å². The van der Waals surface area contributed by atoms with Crippen LogP contribution >= 0.6 is 12.4 Å². The van der Waals surface area contributed by atoms with Crippen molar-refractivity contribution in [1.29, 1.82) is 0 Å². The molecule has 0 radical (unpaired) electrons. The van der Waals surface area contributed by atoms with Crippen LogP contribution in [0.3, 0.4) is 0 Å². The van der Waals surface area contributed by atoms with Crippen molar-refractivity contribution in [1.82, 2.24) is 10.6 Å². The minimum absolute atomic E-state index is 0. The molecule has 96 valence electrons. The van der Waals surface area contributed by atoms with Crippen molar-refractivity contribution < 1.29 is 18.0 Å². The molecular formula is C9H16ClF3N2O. The van der Waals surface area contributed by atoms with Crippen LogP contribution in [0, 0.1) is 0 Å². The van der Waals surface area contributed by atoms with Crippen molar-refractivity contribution in [2.45, 2.75) is 37.9 Å². The molecule has 0 unspecified atom stereocenters. The average Bonchev–Trinajstić information content (AvgIpc) is 2.17. The van der Waals surface area contributed by atoms with E-state index in [9.17, 15) is 18.0 Å². The highest BCUT2D eigenvalue weighted by atomic mass is 35.5. The third-order valence-electron chi connectivity index (χ3n) is 2.33. The predicted octanol–water partition coefficient (Wildman–Crippen LogP) is 1.62. The van der Waals surface area contributed by atoms with Gasteiger partial charge in [0, 0.05) is 6.54 Å². The molecule has 1 atom stereocenters. The van der Waals surface area contributed by atoms with Gasteiger partial charge < -0.3 is 10.6 Å². The standard InChI is InChI=1S/C9H15F3N2O.ClH/c10-9(11,12)4-6-14-8(15)7-3-1-2-5-13-7;/h7,13H,1-6H2,(H,14,15);1H/t7-;/m1./s1. The van der Waals surface area contributed by atoms with Gasteiger partial charge in [0.15, 0.2) is 0 Å². The fraction of sp³-hybridized carbons (Fsp3) is 0.889. The zero-order valence-electron chi connectivity index (χ0n) is 8.77. The molecule has 1 rings (SSSR count). The van der Waals surface area contributed by atoms with E-state index < -0.39 is 12.6 Å². The third kappa shape index (κ3) is 6.17. The van der Waals surface area contributed by atoms with Gasteiger partial charge in [0.25, 0.3) is 0 Å². The highest BCUT2D eigenvalue weighted by Crippen LogP contribution is 2.18. The Morgan fingerprint density at radius 3 is 2.56 bits per heavy atom. The zero-order valence-corrected chi connectivity index (χ0v) is 9.59. The van der Waals surface area contributed by atoms with Gasteiger partial charge in [0.2, 0.25) is 5.91 Å². The first-order valence-corrected chi connectivity index (χ1v) is 5.07. The number of halogens is 4. The van der Waals surface area contributed by atoms with Crippen LogP contribution in [0.2, 0.25) is 0 Å². The molecule has 1 amide bonds. The molecule has 1 fully saturated rings. The summed E-state index contributed by atoms with van der Waals surface area (Å²) in [5.41, 5.74) is 0. The molecule has 0 aliphatic carbocycles. The van der Waals surface area contributed by atoms with Gasteiger partial charge in [-0.1, -0.05) is 6.42 Å². The van der Waals surface area contributed by atoms with Gasteiger partial charge in [0.05, 0.1) is 12.5 Å². The first-order chi connectivity index (χ1) is 6.99. The lowest BCUT2D eigenvalue weighted by atomic mass is 10.0. The molecule has 0 spiro atoms. The Morgan fingerprint density at radius 1 is 1.38 bits per heavy atom. The first-order valence-electron chi connectivity index (χ1n) is 5.07. The van der Waals surface area contributed by atoms with Gasteiger partial charge in [-0.15, -0.1) is 12.4 Å². The summed E-state index contributed by atoms with van der Waals surface area (Å²) in [6.45, 7) is 0.428. The van der Waals surface area contributed by atoms with Crippen LogP contribution in [0.5, 0.6) is 0 Å². The lowest BCUT2D eigenvalue weighted by molar-refractivity contribution is -0.136. The number of amides is 1. The summed E-state index contributed by atoms with van der Waals surface area (Å²) in [7, 11) is 0. The number of alkyl halides is 3. The number of carbonyl (C=O) groups excluding carboxylic acids is 1. The molecule has 7 heteroatoms. The van der Waals surface area contributed by atoms with Crippen LogP contribution in [-0.2, 0) is 4.79 Å². The summed E-state index contributed by atoms with van der Waals surface area (Å²) in [6, 6.07) is -0.313. The van der Waals surface area contributed by atoms with E-state index in [1.54, 1.807) is 0 Å². The van der Waals surface area contributed by atoms with E-state index in [0.717, 1.165) is 19.4 Å². The van der Waals surface area contributed by atoms with E-state index in [4.69, 9.17) is 0 Å². The quantitative estimate of drug-likeness (QED) is 0.810. The highest BCUT2D eigenvalue weighted by molar-refractivity contribution is 5.85. The van der Waals surface area contributed by atoms with Crippen LogP contribution in [0.4, 0.5) is 13.2 Å². The number of piperidine rings is 1. The minimum atomic E-state index is -4.20. The van der Waals surface area contributed by atoms with Gasteiger partial charge in [-0.25, -0.2) is 0 Å². The fourth-order valence-corrected chi connectivity index (χ4v) is 1.53. The van der Waals surface area contributed by atoms with E-state index in [2.05, 4.69) is 10.6 Å². The SMILES string of the molecule is Cl.O=C(NCCC(F)(F)F)[C@H]1CCCCN1. The monoisotopic (exact) mass is 260 g/mol. The second kappa shape index (κ2) is 6.96. The maximum atomic E-state index is 11.8. The maximum absolute atomic E-state index is 11.8. The summed E-state index contributed by atoms with van der Waals surface area (Å²) < 4.78 is 35.3. The van der Waals surface area contributed by atoms with Gasteiger partial charge in [-0.2, -0.15) is 13.2 Å². The maximum Gasteiger partial charge on any atom is 0.390 e. The molecule has 1 saturated heterocycles. The van der Waals surface area contributed by atoms with Crippen molar-refractivity contribution in [2.75, 3.05) is 13.1 Å². The van der Waals surface area contributed by atoms with Gasteiger partial charge in [0.1, 0.15) is 0 Å². The largest absolute Gasteiger partial charge is 0.390 e. The van der Waals surface area contributed by atoms with E-state index in [0.29, 0.717) is 6.42 Å². The van der Waals surface area contributed by atoms with Gasteiger partial charge in [-0.05, 0) is 19.4 Å². The number of hydrogen-bond acceptors (Lipinski definition) is 2. The van der Waals surface area contributed by atoms with Crippen LogP contribution in [0.1, 0.15) is 25.7 Å². The zero-order chi connectivity index (χ0) is 11.3. The summed E-state index contributed by atoms with van der Waals surface area (Å²) in [5.74, 6) is -0.320. The Hall–Kier alpha value is -0.490. The lowest BCUT2D eigenvalue weighted by Crippen LogP contribution is -2.47. The Labute approximate surface area is 98.6 Å². The van der Waals surface area contributed by atoms with Crippen molar-refractivity contribution in [2.24, 2.45) is 0 Å².